The molecular weight excluding hydrogens is 218 g/mol. The van der Waals surface area contributed by atoms with Gasteiger partial charge < -0.3 is 10.8 Å². The Bertz CT molecular complexity index is 504. The van der Waals surface area contributed by atoms with Crippen molar-refractivity contribution in [2.75, 3.05) is 6.54 Å². The zero-order valence-corrected chi connectivity index (χ0v) is 8.73. The summed E-state index contributed by atoms with van der Waals surface area (Å²) >= 11 is 1.20. The third kappa shape index (κ3) is 1.57. The fourth-order valence-corrected chi connectivity index (χ4v) is 2.17. The van der Waals surface area contributed by atoms with E-state index in [2.05, 4.69) is 15.3 Å². The van der Waals surface area contributed by atoms with Gasteiger partial charge in [-0.05, 0) is 6.92 Å². The molecule has 80 valence electrons. The third-order valence-corrected chi connectivity index (χ3v) is 3.01. The minimum absolute atomic E-state index is 0.0263. The smallest absolute Gasteiger partial charge is 0.314 e. The molecule has 2 aromatic heterocycles. The highest BCUT2D eigenvalue weighted by Crippen LogP contribution is 2.21. The lowest BCUT2D eigenvalue weighted by Crippen LogP contribution is -2.21. The van der Waals surface area contributed by atoms with Crippen molar-refractivity contribution >= 4 is 22.3 Å². The average molecular weight is 227 g/mol. The lowest BCUT2D eigenvalue weighted by Gasteiger charge is -2.03. The van der Waals surface area contributed by atoms with Crippen LogP contribution in [-0.4, -0.2) is 37.4 Å². The second-order valence-corrected chi connectivity index (χ2v) is 4.00. The number of rotatable bonds is 3. The number of hydrogen-bond acceptors (Lipinski definition) is 6. The molecule has 2 aromatic rings. The number of nitrogens with two attached hydrogens (primary N) is 1. The highest BCUT2D eigenvalue weighted by atomic mass is 32.1. The predicted molar refractivity (Wildman–Crippen MR) is 52.8 cm³/mol. The van der Waals surface area contributed by atoms with Crippen molar-refractivity contribution in [1.29, 1.82) is 0 Å². The van der Waals surface area contributed by atoms with Crippen LogP contribution in [0, 0.1) is 6.92 Å². The molecule has 1 atom stereocenters. The van der Waals surface area contributed by atoms with E-state index in [0.717, 1.165) is 0 Å². The zero-order valence-electron chi connectivity index (χ0n) is 7.91. The summed E-state index contributed by atoms with van der Waals surface area (Å²) in [6.07, 6.45) is 0. The van der Waals surface area contributed by atoms with Crippen molar-refractivity contribution in [3.63, 3.8) is 0 Å². The molecule has 0 saturated carbocycles. The van der Waals surface area contributed by atoms with Crippen LogP contribution in [0.3, 0.4) is 0 Å². The highest BCUT2D eigenvalue weighted by molar-refractivity contribution is 7.16. The normalized spacial score (nSPS) is 13.2. The van der Waals surface area contributed by atoms with Crippen molar-refractivity contribution in [1.82, 2.24) is 19.8 Å². The molecule has 0 aliphatic carbocycles. The first kappa shape index (κ1) is 9.99. The Balaban J connectivity index is 2.47. The maximum atomic E-state index is 10.9. The summed E-state index contributed by atoms with van der Waals surface area (Å²) in [5.41, 5.74) is 5.37. The molecule has 0 spiro atoms. The maximum Gasteiger partial charge on any atom is 0.314 e. The molecule has 0 aliphatic heterocycles. The van der Waals surface area contributed by atoms with Gasteiger partial charge in [-0.2, -0.15) is 9.61 Å². The maximum absolute atomic E-state index is 10.9. The van der Waals surface area contributed by atoms with Gasteiger partial charge in [0.2, 0.25) is 4.96 Å². The first-order valence-electron chi connectivity index (χ1n) is 4.25. The van der Waals surface area contributed by atoms with Gasteiger partial charge in [0.1, 0.15) is 10.9 Å². The van der Waals surface area contributed by atoms with E-state index in [9.17, 15) is 4.79 Å². The van der Waals surface area contributed by atoms with Gasteiger partial charge in [-0.25, -0.2) is 0 Å². The summed E-state index contributed by atoms with van der Waals surface area (Å²) < 4.78 is 1.52. The van der Waals surface area contributed by atoms with Crippen molar-refractivity contribution in [3.8, 4) is 0 Å². The summed E-state index contributed by atoms with van der Waals surface area (Å²) in [6, 6.07) is 0. The molecule has 8 heteroatoms. The molecular formula is C7H9N5O2S. The SMILES string of the molecule is Cc1nnc2sc(C(CN)C(=O)O)nn12. The number of carboxylic acid groups (broad SMARTS) is 1. The quantitative estimate of drug-likeness (QED) is 0.740. The molecule has 0 aliphatic rings. The summed E-state index contributed by atoms with van der Waals surface area (Å²) in [5, 5.41) is 21.1. The van der Waals surface area contributed by atoms with Gasteiger partial charge in [0.15, 0.2) is 5.82 Å². The Morgan fingerprint density at radius 1 is 1.67 bits per heavy atom. The van der Waals surface area contributed by atoms with E-state index in [1.165, 1.54) is 15.9 Å². The van der Waals surface area contributed by atoms with Crippen LogP contribution in [0.2, 0.25) is 0 Å². The minimum atomic E-state index is -0.972. The van der Waals surface area contributed by atoms with Crippen LogP contribution < -0.4 is 5.73 Å². The third-order valence-electron chi connectivity index (χ3n) is 1.99. The van der Waals surface area contributed by atoms with E-state index in [0.29, 0.717) is 15.8 Å². The summed E-state index contributed by atoms with van der Waals surface area (Å²) in [4.78, 5) is 11.4. The van der Waals surface area contributed by atoms with Gasteiger partial charge in [0.25, 0.3) is 0 Å². The molecule has 15 heavy (non-hydrogen) atoms. The Hall–Kier alpha value is -1.54. The van der Waals surface area contributed by atoms with Gasteiger partial charge in [0, 0.05) is 6.54 Å². The number of aryl methyl sites for hydroxylation is 1. The van der Waals surface area contributed by atoms with E-state index >= 15 is 0 Å². The van der Waals surface area contributed by atoms with E-state index in [1.54, 1.807) is 6.92 Å². The summed E-state index contributed by atoms with van der Waals surface area (Å²) in [6.45, 7) is 1.78. The lowest BCUT2D eigenvalue weighted by molar-refractivity contribution is -0.138. The van der Waals surface area contributed by atoms with Crippen molar-refractivity contribution in [3.05, 3.63) is 10.8 Å². The van der Waals surface area contributed by atoms with Crippen LogP contribution in [-0.2, 0) is 4.79 Å². The Kier molecular flexibility index (Phi) is 2.37. The minimum Gasteiger partial charge on any atom is -0.481 e. The van der Waals surface area contributed by atoms with Crippen LogP contribution in [0.5, 0.6) is 0 Å². The highest BCUT2D eigenvalue weighted by Gasteiger charge is 2.23. The zero-order chi connectivity index (χ0) is 11.0. The number of aliphatic carboxylic acids is 1. The molecule has 0 aromatic carbocycles. The Morgan fingerprint density at radius 3 is 2.93 bits per heavy atom. The first-order chi connectivity index (χ1) is 7.13. The first-order valence-corrected chi connectivity index (χ1v) is 5.06. The van der Waals surface area contributed by atoms with Gasteiger partial charge in [0.05, 0.1) is 0 Å². The van der Waals surface area contributed by atoms with Crippen LogP contribution in [0.1, 0.15) is 16.7 Å². The number of fused-ring (bicyclic) bond motifs is 1. The predicted octanol–water partition coefficient (Wildman–Crippen LogP) is -0.379. The molecule has 0 bridgehead atoms. The number of hydrogen-bond donors (Lipinski definition) is 2. The van der Waals surface area contributed by atoms with Crippen molar-refractivity contribution in [2.24, 2.45) is 5.73 Å². The molecule has 2 heterocycles. The van der Waals surface area contributed by atoms with Gasteiger partial charge in [-0.3, -0.25) is 4.79 Å². The average Bonchev–Trinajstić information content (AvgIpc) is 2.70. The number of aromatic nitrogens is 4. The monoisotopic (exact) mass is 227 g/mol. The Labute approximate surface area is 88.5 Å². The molecule has 3 N–H and O–H groups in total. The van der Waals surface area contributed by atoms with Crippen LogP contribution in [0.4, 0.5) is 0 Å². The molecule has 0 radical (unpaired) electrons. The van der Waals surface area contributed by atoms with Crippen LogP contribution in [0.25, 0.3) is 4.96 Å². The number of carboxylic acids is 1. The molecule has 2 rings (SSSR count). The van der Waals surface area contributed by atoms with E-state index in [4.69, 9.17) is 10.8 Å². The van der Waals surface area contributed by atoms with Gasteiger partial charge in [-0.1, -0.05) is 11.3 Å². The lowest BCUT2D eigenvalue weighted by atomic mass is 10.2. The van der Waals surface area contributed by atoms with Crippen LogP contribution in [0.15, 0.2) is 0 Å². The second-order valence-electron chi connectivity index (χ2n) is 3.01. The summed E-state index contributed by atoms with van der Waals surface area (Å²) in [5.74, 6) is -1.11. The molecule has 0 amide bonds. The Morgan fingerprint density at radius 2 is 2.40 bits per heavy atom. The van der Waals surface area contributed by atoms with Gasteiger partial charge >= 0.3 is 5.97 Å². The van der Waals surface area contributed by atoms with Crippen molar-refractivity contribution in [2.45, 2.75) is 12.8 Å². The van der Waals surface area contributed by atoms with E-state index < -0.39 is 11.9 Å². The standard InChI is InChI=1S/C7H9N5O2S/c1-3-9-10-7-12(3)11-5(15-7)4(2-8)6(13)14/h4H,2,8H2,1H3,(H,13,14). The number of carbonyl (C=O) groups is 1. The largest absolute Gasteiger partial charge is 0.481 e. The van der Waals surface area contributed by atoms with Gasteiger partial charge in [-0.15, -0.1) is 10.2 Å². The summed E-state index contributed by atoms with van der Waals surface area (Å²) in [7, 11) is 0. The molecule has 7 nitrogen and oxygen atoms in total. The van der Waals surface area contributed by atoms with Crippen LogP contribution >= 0.6 is 11.3 Å². The van der Waals surface area contributed by atoms with Crippen molar-refractivity contribution < 1.29 is 9.90 Å². The fourth-order valence-electron chi connectivity index (χ4n) is 1.18. The topological polar surface area (TPSA) is 106 Å². The molecule has 0 saturated heterocycles. The fraction of sp³-hybridized carbons (Fsp3) is 0.429. The molecule has 0 fully saturated rings. The number of nitrogens with zero attached hydrogens (tertiary/aromatic N) is 4. The van der Waals surface area contributed by atoms with E-state index in [1.807, 2.05) is 0 Å². The second kappa shape index (κ2) is 3.55. The molecule has 1 unspecified atom stereocenters. The van der Waals surface area contributed by atoms with E-state index in [-0.39, 0.29) is 6.54 Å².